The van der Waals surface area contributed by atoms with Gasteiger partial charge in [-0.3, -0.25) is 4.79 Å². The van der Waals surface area contributed by atoms with Gasteiger partial charge in [-0.05, 0) is 32.0 Å². The predicted octanol–water partition coefficient (Wildman–Crippen LogP) is 2.71. The van der Waals surface area contributed by atoms with Gasteiger partial charge in [0.05, 0.1) is 11.1 Å². The van der Waals surface area contributed by atoms with Crippen LogP contribution in [0.2, 0.25) is 5.02 Å². The van der Waals surface area contributed by atoms with Crippen molar-refractivity contribution in [1.29, 1.82) is 0 Å². The molecule has 0 unspecified atom stereocenters. The van der Waals surface area contributed by atoms with Crippen molar-refractivity contribution in [2.75, 3.05) is 5.32 Å². The predicted molar refractivity (Wildman–Crippen MR) is 72.6 cm³/mol. The van der Waals surface area contributed by atoms with Crippen molar-refractivity contribution in [3.63, 3.8) is 0 Å². The molecular formula is C13H14ClNO4. The Labute approximate surface area is 115 Å². The summed E-state index contributed by atoms with van der Waals surface area (Å²) >= 11 is 6.00. The summed E-state index contributed by atoms with van der Waals surface area (Å²) in [5, 5.41) is 11.2. The van der Waals surface area contributed by atoms with Gasteiger partial charge in [0.25, 0.3) is 0 Å². The lowest BCUT2D eigenvalue weighted by molar-refractivity contribution is -0.131. The quantitative estimate of drug-likeness (QED) is 0.815. The third-order valence-corrected chi connectivity index (χ3v) is 2.23. The summed E-state index contributed by atoms with van der Waals surface area (Å²) in [5.74, 6) is -1.21. The van der Waals surface area contributed by atoms with Crippen LogP contribution in [0.3, 0.4) is 0 Å². The maximum atomic E-state index is 11.4. The van der Waals surface area contributed by atoms with Gasteiger partial charge in [0, 0.05) is 17.8 Å². The molecule has 0 aromatic heterocycles. The maximum Gasteiger partial charge on any atom is 0.328 e. The zero-order valence-corrected chi connectivity index (χ0v) is 11.3. The minimum Gasteiger partial charge on any atom is -0.489 e. The summed E-state index contributed by atoms with van der Waals surface area (Å²) in [7, 11) is 0. The second-order valence-corrected chi connectivity index (χ2v) is 4.38. The minimum atomic E-state index is -1.19. The molecule has 5 nitrogen and oxygen atoms in total. The Bertz CT molecular complexity index is 511. The highest BCUT2D eigenvalue weighted by Gasteiger charge is 2.06. The molecule has 0 fully saturated rings. The fourth-order valence-electron chi connectivity index (χ4n) is 1.26. The lowest BCUT2D eigenvalue weighted by atomic mass is 10.3. The van der Waals surface area contributed by atoms with Gasteiger partial charge in [-0.15, -0.1) is 0 Å². The molecule has 1 aromatic rings. The van der Waals surface area contributed by atoms with Gasteiger partial charge < -0.3 is 15.2 Å². The Morgan fingerprint density at radius 1 is 1.37 bits per heavy atom. The second-order valence-electron chi connectivity index (χ2n) is 3.97. The summed E-state index contributed by atoms with van der Waals surface area (Å²) in [6, 6.07) is 4.79. The topological polar surface area (TPSA) is 75.6 Å². The van der Waals surface area contributed by atoms with Crippen LogP contribution in [-0.4, -0.2) is 23.1 Å². The lowest BCUT2D eigenvalue weighted by Gasteiger charge is -2.12. The number of halogens is 1. The van der Waals surface area contributed by atoms with Crippen molar-refractivity contribution in [1.82, 2.24) is 0 Å². The normalized spacial score (nSPS) is 10.7. The van der Waals surface area contributed by atoms with Gasteiger partial charge in [0.2, 0.25) is 5.91 Å². The van der Waals surface area contributed by atoms with Gasteiger partial charge in [-0.2, -0.15) is 0 Å². The molecule has 0 saturated carbocycles. The van der Waals surface area contributed by atoms with Crippen molar-refractivity contribution in [3.05, 3.63) is 35.4 Å². The largest absolute Gasteiger partial charge is 0.489 e. The van der Waals surface area contributed by atoms with Crippen LogP contribution in [0, 0.1) is 0 Å². The monoisotopic (exact) mass is 283 g/mol. The van der Waals surface area contributed by atoms with Crippen molar-refractivity contribution in [2.24, 2.45) is 0 Å². The smallest absolute Gasteiger partial charge is 0.328 e. The van der Waals surface area contributed by atoms with E-state index in [9.17, 15) is 9.59 Å². The molecule has 0 radical (unpaired) electrons. The standard InChI is InChI=1S/C13H14ClNO4/c1-8(2)19-11-4-3-9(7-10(11)14)15-12(16)5-6-13(17)18/h3-8H,1-2H3,(H,15,16)(H,17,18). The lowest BCUT2D eigenvalue weighted by Crippen LogP contribution is -2.09. The SMILES string of the molecule is CC(C)Oc1ccc(NC(=O)C=CC(=O)O)cc1Cl. The van der Waals surface area contributed by atoms with E-state index in [0.717, 1.165) is 12.2 Å². The molecule has 0 heterocycles. The Hall–Kier alpha value is -2.01. The summed E-state index contributed by atoms with van der Waals surface area (Å²) in [4.78, 5) is 21.6. The van der Waals surface area contributed by atoms with E-state index in [-0.39, 0.29) is 6.10 Å². The van der Waals surface area contributed by atoms with Crippen LogP contribution in [0.1, 0.15) is 13.8 Å². The average Bonchev–Trinajstić information content (AvgIpc) is 2.29. The highest BCUT2D eigenvalue weighted by molar-refractivity contribution is 6.32. The Morgan fingerprint density at radius 2 is 2.05 bits per heavy atom. The Kier molecular flexibility index (Phi) is 5.38. The van der Waals surface area contributed by atoms with Gasteiger partial charge >= 0.3 is 5.97 Å². The first-order chi connectivity index (χ1) is 8.88. The number of amides is 1. The van der Waals surface area contributed by atoms with Crippen LogP contribution in [0.4, 0.5) is 5.69 Å². The molecule has 0 aliphatic rings. The van der Waals surface area contributed by atoms with Gasteiger partial charge in [-0.1, -0.05) is 11.6 Å². The van der Waals surface area contributed by atoms with Crippen molar-refractivity contribution >= 4 is 29.2 Å². The minimum absolute atomic E-state index is 0.00330. The molecular weight excluding hydrogens is 270 g/mol. The van der Waals surface area contributed by atoms with Gasteiger partial charge in [0.1, 0.15) is 5.75 Å². The molecule has 0 aliphatic carbocycles. The summed E-state index contributed by atoms with van der Waals surface area (Å²) in [5.41, 5.74) is 0.459. The Morgan fingerprint density at radius 3 is 2.58 bits per heavy atom. The number of nitrogens with one attached hydrogen (secondary N) is 1. The van der Waals surface area contributed by atoms with E-state index in [0.29, 0.717) is 16.5 Å². The van der Waals surface area contributed by atoms with Gasteiger partial charge in [-0.25, -0.2) is 4.79 Å². The Balaban J connectivity index is 2.73. The van der Waals surface area contributed by atoms with E-state index in [4.69, 9.17) is 21.4 Å². The van der Waals surface area contributed by atoms with Crippen LogP contribution < -0.4 is 10.1 Å². The fourth-order valence-corrected chi connectivity index (χ4v) is 1.48. The second kappa shape index (κ2) is 6.80. The van der Waals surface area contributed by atoms with Crippen LogP contribution in [-0.2, 0) is 9.59 Å². The van der Waals surface area contributed by atoms with E-state index >= 15 is 0 Å². The molecule has 1 amide bonds. The van der Waals surface area contributed by atoms with Crippen molar-refractivity contribution in [3.8, 4) is 5.75 Å². The van der Waals surface area contributed by atoms with Crippen LogP contribution in [0.25, 0.3) is 0 Å². The summed E-state index contributed by atoms with van der Waals surface area (Å²) < 4.78 is 5.45. The summed E-state index contributed by atoms with van der Waals surface area (Å²) in [6.07, 6.45) is 1.68. The van der Waals surface area contributed by atoms with Crippen molar-refractivity contribution in [2.45, 2.75) is 20.0 Å². The zero-order chi connectivity index (χ0) is 14.4. The van der Waals surface area contributed by atoms with Crippen molar-refractivity contribution < 1.29 is 19.4 Å². The number of carbonyl (C=O) groups excluding carboxylic acids is 1. The first kappa shape index (κ1) is 15.0. The number of carbonyl (C=O) groups is 2. The third kappa shape index (κ3) is 5.44. The van der Waals surface area contributed by atoms with Crippen LogP contribution in [0.5, 0.6) is 5.75 Å². The van der Waals surface area contributed by atoms with Gasteiger partial charge in [0.15, 0.2) is 0 Å². The number of ether oxygens (including phenoxy) is 1. The maximum absolute atomic E-state index is 11.4. The average molecular weight is 284 g/mol. The molecule has 0 aliphatic heterocycles. The van der Waals surface area contributed by atoms with E-state index in [1.807, 2.05) is 13.8 Å². The molecule has 2 N–H and O–H groups in total. The molecule has 102 valence electrons. The van der Waals surface area contributed by atoms with E-state index in [1.54, 1.807) is 12.1 Å². The van der Waals surface area contributed by atoms with E-state index in [1.165, 1.54) is 6.07 Å². The number of rotatable bonds is 5. The number of benzene rings is 1. The number of carboxylic acids is 1. The van der Waals surface area contributed by atoms with E-state index < -0.39 is 11.9 Å². The van der Waals surface area contributed by atoms with E-state index in [2.05, 4.69) is 5.32 Å². The number of hydrogen-bond acceptors (Lipinski definition) is 3. The molecule has 19 heavy (non-hydrogen) atoms. The molecule has 0 atom stereocenters. The molecule has 0 spiro atoms. The molecule has 6 heteroatoms. The highest BCUT2D eigenvalue weighted by atomic mass is 35.5. The first-order valence-corrected chi connectivity index (χ1v) is 5.94. The highest BCUT2D eigenvalue weighted by Crippen LogP contribution is 2.28. The van der Waals surface area contributed by atoms with Crippen LogP contribution in [0.15, 0.2) is 30.4 Å². The molecule has 1 aromatic carbocycles. The number of aliphatic carboxylic acids is 1. The fraction of sp³-hybridized carbons (Fsp3) is 0.231. The molecule has 0 bridgehead atoms. The van der Waals surface area contributed by atoms with Crippen LogP contribution >= 0.6 is 11.6 Å². The summed E-state index contributed by atoms with van der Waals surface area (Å²) in [6.45, 7) is 3.76. The third-order valence-electron chi connectivity index (χ3n) is 1.94. The first-order valence-electron chi connectivity index (χ1n) is 5.56. The molecule has 1 rings (SSSR count). The molecule has 0 saturated heterocycles. The number of carboxylic acid groups (broad SMARTS) is 1. The number of hydrogen-bond donors (Lipinski definition) is 2. The number of anilines is 1. The zero-order valence-electron chi connectivity index (χ0n) is 10.5.